The molecular weight excluding hydrogens is 430 g/mol. The fourth-order valence-electron chi connectivity index (χ4n) is 4.45. The fourth-order valence-corrected chi connectivity index (χ4v) is 6.19. The number of hydrogen-bond donors (Lipinski definition) is 0. The Bertz CT molecular complexity index is 879. The Balaban J connectivity index is 1.51. The minimum Gasteiger partial charge on any atom is -0.497 e. The number of amides is 2. The van der Waals surface area contributed by atoms with E-state index in [0.29, 0.717) is 58.4 Å². The normalized spacial score (nSPS) is 20.2. The number of ether oxygens (including phenoxy) is 1. The van der Waals surface area contributed by atoms with Crippen LogP contribution in [0.5, 0.6) is 5.75 Å². The van der Waals surface area contributed by atoms with Crippen molar-refractivity contribution in [3.63, 3.8) is 0 Å². The summed E-state index contributed by atoms with van der Waals surface area (Å²) in [7, 11) is -1.79. The Labute approximate surface area is 191 Å². The van der Waals surface area contributed by atoms with Gasteiger partial charge in [0.15, 0.2) is 0 Å². The van der Waals surface area contributed by atoms with Crippen molar-refractivity contribution in [3.05, 3.63) is 29.8 Å². The molecule has 1 aromatic carbocycles. The Morgan fingerprint density at radius 3 is 2.28 bits per heavy atom. The van der Waals surface area contributed by atoms with Gasteiger partial charge in [0.05, 0.1) is 12.9 Å². The standard InChI is InChI=1S/C23H35N3O5S/c1-3-18-32(29,30)26-13-5-4-6-21(26)23(28)25-16-14-24(15-17-25)22(27)12-9-19-7-10-20(31-2)11-8-19/h7-8,10-11,21H,3-6,9,12-18H2,1-2H3. The van der Waals surface area contributed by atoms with Crippen LogP contribution in [-0.2, 0) is 26.0 Å². The van der Waals surface area contributed by atoms with Crippen LogP contribution in [0, 0.1) is 0 Å². The molecule has 1 atom stereocenters. The number of piperidine rings is 1. The van der Waals surface area contributed by atoms with Gasteiger partial charge in [-0.15, -0.1) is 0 Å². The van der Waals surface area contributed by atoms with E-state index >= 15 is 0 Å². The first-order valence-corrected chi connectivity index (χ1v) is 13.2. The highest BCUT2D eigenvalue weighted by Crippen LogP contribution is 2.24. The lowest BCUT2D eigenvalue weighted by Gasteiger charge is -2.40. The molecule has 8 nitrogen and oxygen atoms in total. The summed E-state index contributed by atoms with van der Waals surface area (Å²) in [5, 5.41) is 0. The van der Waals surface area contributed by atoms with Gasteiger partial charge in [-0.1, -0.05) is 25.5 Å². The van der Waals surface area contributed by atoms with Crippen molar-refractivity contribution in [2.75, 3.05) is 45.6 Å². The molecule has 1 aromatic rings. The van der Waals surface area contributed by atoms with Gasteiger partial charge in [0.2, 0.25) is 21.8 Å². The summed E-state index contributed by atoms with van der Waals surface area (Å²) in [6.45, 7) is 4.13. The van der Waals surface area contributed by atoms with E-state index < -0.39 is 16.1 Å². The molecule has 32 heavy (non-hydrogen) atoms. The number of hydrogen-bond acceptors (Lipinski definition) is 5. The Kier molecular flexibility index (Phi) is 8.53. The van der Waals surface area contributed by atoms with E-state index in [2.05, 4.69) is 0 Å². The molecule has 2 aliphatic rings. The molecule has 178 valence electrons. The molecule has 9 heteroatoms. The third-order valence-corrected chi connectivity index (χ3v) is 8.36. The lowest BCUT2D eigenvalue weighted by molar-refractivity contribution is -0.142. The van der Waals surface area contributed by atoms with Crippen LogP contribution < -0.4 is 4.74 Å². The quantitative estimate of drug-likeness (QED) is 0.585. The number of rotatable bonds is 8. The van der Waals surface area contributed by atoms with Crippen molar-refractivity contribution < 1.29 is 22.7 Å². The maximum absolute atomic E-state index is 13.2. The van der Waals surface area contributed by atoms with Gasteiger partial charge in [0, 0.05) is 39.1 Å². The molecule has 2 saturated heterocycles. The zero-order valence-electron chi connectivity index (χ0n) is 19.2. The number of carbonyl (C=O) groups is 2. The molecule has 1 unspecified atom stereocenters. The van der Waals surface area contributed by atoms with Gasteiger partial charge in [-0.3, -0.25) is 9.59 Å². The smallest absolute Gasteiger partial charge is 0.241 e. The van der Waals surface area contributed by atoms with Crippen molar-refractivity contribution in [1.82, 2.24) is 14.1 Å². The maximum atomic E-state index is 13.2. The van der Waals surface area contributed by atoms with Gasteiger partial charge in [-0.25, -0.2) is 8.42 Å². The van der Waals surface area contributed by atoms with Gasteiger partial charge >= 0.3 is 0 Å². The van der Waals surface area contributed by atoms with Gasteiger partial charge in [0.25, 0.3) is 0 Å². The largest absolute Gasteiger partial charge is 0.497 e. The predicted octanol–water partition coefficient (Wildman–Crippen LogP) is 1.89. The Morgan fingerprint density at radius 1 is 1.00 bits per heavy atom. The molecule has 0 N–H and O–H groups in total. The van der Waals surface area contributed by atoms with Crippen LogP contribution in [0.15, 0.2) is 24.3 Å². The zero-order valence-corrected chi connectivity index (χ0v) is 20.0. The number of piperazine rings is 1. The molecule has 0 aliphatic carbocycles. The third-order valence-electron chi connectivity index (χ3n) is 6.29. The molecule has 0 bridgehead atoms. The summed E-state index contributed by atoms with van der Waals surface area (Å²) in [5.41, 5.74) is 1.08. The minimum atomic E-state index is -3.42. The summed E-state index contributed by atoms with van der Waals surface area (Å²) in [5.74, 6) is 0.833. The molecule has 0 aromatic heterocycles. The first-order valence-electron chi connectivity index (χ1n) is 11.5. The molecule has 0 radical (unpaired) electrons. The second-order valence-corrected chi connectivity index (χ2v) is 10.5. The average molecular weight is 466 g/mol. The van der Waals surface area contributed by atoms with Crippen molar-refractivity contribution in [2.45, 2.75) is 51.5 Å². The summed E-state index contributed by atoms with van der Waals surface area (Å²) >= 11 is 0. The number of carbonyl (C=O) groups excluding carboxylic acids is 2. The highest BCUT2D eigenvalue weighted by molar-refractivity contribution is 7.89. The Morgan fingerprint density at radius 2 is 1.66 bits per heavy atom. The van der Waals surface area contributed by atoms with Crippen LogP contribution in [0.1, 0.15) is 44.6 Å². The first kappa shape index (κ1) is 24.5. The van der Waals surface area contributed by atoms with Gasteiger partial charge in [-0.05, 0) is 43.4 Å². The molecule has 2 heterocycles. The third kappa shape index (κ3) is 6.01. The van der Waals surface area contributed by atoms with Crippen molar-refractivity contribution in [2.24, 2.45) is 0 Å². The zero-order chi connectivity index (χ0) is 23.1. The minimum absolute atomic E-state index is 0.0766. The van der Waals surface area contributed by atoms with Crippen LogP contribution in [-0.4, -0.2) is 86.0 Å². The lowest BCUT2D eigenvalue weighted by atomic mass is 10.0. The van der Waals surface area contributed by atoms with E-state index in [1.807, 2.05) is 31.2 Å². The van der Waals surface area contributed by atoms with E-state index in [4.69, 9.17) is 4.74 Å². The molecule has 0 saturated carbocycles. The number of sulfonamides is 1. The monoisotopic (exact) mass is 465 g/mol. The summed E-state index contributed by atoms with van der Waals surface area (Å²) in [4.78, 5) is 29.3. The van der Waals surface area contributed by atoms with E-state index in [-0.39, 0.29) is 17.6 Å². The van der Waals surface area contributed by atoms with Crippen LogP contribution in [0.2, 0.25) is 0 Å². The molecule has 2 aliphatic heterocycles. The second kappa shape index (κ2) is 11.1. The van der Waals surface area contributed by atoms with E-state index in [0.717, 1.165) is 24.2 Å². The SMILES string of the molecule is CCCS(=O)(=O)N1CCCCC1C(=O)N1CCN(C(=O)CCc2ccc(OC)cc2)CC1. The number of benzene rings is 1. The molecule has 0 spiro atoms. The second-order valence-electron chi connectivity index (χ2n) is 8.49. The molecule has 2 amide bonds. The van der Waals surface area contributed by atoms with E-state index in [1.165, 1.54) is 4.31 Å². The highest BCUT2D eigenvalue weighted by Gasteiger charge is 2.39. The maximum Gasteiger partial charge on any atom is 0.241 e. The van der Waals surface area contributed by atoms with Gasteiger partial charge in [0.1, 0.15) is 11.8 Å². The van der Waals surface area contributed by atoms with Crippen LogP contribution in [0.25, 0.3) is 0 Å². The number of nitrogens with zero attached hydrogens (tertiary/aromatic N) is 3. The molecular formula is C23H35N3O5S. The number of aryl methyl sites for hydroxylation is 1. The summed E-state index contributed by atoms with van der Waals surface area (Å²) in [6, 6.07) is 7.10. The van der Waals surface area contributed by atoms with Gasteiger partial charge in [-0.2, -0.15) is 4.31 Å². The fraction of sp³-hybridized carbons (Fsp3) is 0.652. The molecule has 2 fully saturated rings. The van der Waals surface area contributed by atoms with Crippen molar-refractivity contribution in [3.8, 4) is 5.75 Å². The predicted molar refractivity (Wildman–Crippen MR) is 123 cm³/mol. The van der Waals surface area contributed by atoms with Crippen LogP contribution >= 0.6 is 0 Å². The van der Waals surface area contributed by atoms with E-state index in [1.54, 1.807) is 16.9 Å². The van der Waals surface area contributed by atoms with Crippen LogP contribution in [0.3, 0.4) is 0 Å². The summed E-state index contributed by atoms with van der Waals surface area (Å²) in [6.07, 6.45) is 3.85. The highest BCUT2D eigenvalue weighted by atomic mass is 32.2. The number of methoxy groups -OCH3 is 1. The van der Waals surface area contributed by atoms with Gasteiger partial charge < -0.3 is 14.5 Å². The molecule has 3 rings (SSSR count). The first-order chi connectivity index (χ1) is 15.4. The lowest BCUT2D eigenvalue weighted by Crippen LogP contribution is -2.58. The summed E-state index contributed by atoms with van der Waals surface area (Å²) < 4.78 is 31.9. The van der Waals surface area contributed by atoms with Crippen molar-refractivity contribution >= 4 is 21.8 Å². The Hall–Kier alpha value is -2.13. The average Bonchev–Trinajstić information content (AvgIpc) is 2.82. The topological polar surface area (TPSA) is 87.2 Å². The van der Waals surface area contributed by atoms with Crippen LogP contribution in [0.4, 0.5) is 0 Å². The van der Waals surface area contributed by atoms with Crippen molar-refractivity contribution in [1.29, 1.82) is 0 Å². The van der Waals surface area contributed by atoms with E-state index in [9.17, 15) is 18.0 Å².